The predicted molar refractivity (Wildman–Crippen MR) is 89.1 cm³/mol. The van der Waals surface area contributed by atoms with Crippen molar-refractivity contribution in [1.29, 1.82) is 0 Å². The molecule has 0 aliphatic carbocycles. The molecule has 0 bridgehead atoms. The summed E-state index contributed by atoms with van der Waals surface area (Å²) in [5, 5.41) is 4.62. The maximum atomic E-state index is 12.5. The summed E-state index contributed by atoms with van der Waals surface area (Å²) in [6.45, 7) is -0.562. The minimum absolute atomic E-state index is 0.196. The number of para-hydroxylation sites is 1. The first-order chi connectivity index (χ1) is 12.8. The van der Waals surface area contributed by atoms with E-state index in [1.165, 1.54) is 6.20 Å². The van der Waals surface area contributed by atoms with E-state index >= 15 is 0 Å². The smallest absolute Gasteiger partial charge is 0.360 e. The third kappa shape index (κ3) is 3.97. The highest BCUT2D eigenvalue weighted by Gasteiger charge is 2.33. The fourth-order valence-corrected chi connectivity index (χ4v) is 2.30. The number of amides is 2. The second kappa shape index (κ2) is 6.94. The van der Waals surface area contributed by atoms with E-state index in [1.54, 1.807) is 24.3 Å². The number of nitrogens with one attached hydrogen (secondary N) is 4. The van der Waals surface area contributed by atoms with Gasteiger partial charge in [0.25, 0.3) is 5.91 Å². The van der Waals surface area contributed by atoms with Crippen molar-refractivity contribution in [1.82, 2.24) is 20.3 Å². The number of rotatable bonds is 4. The van der Waals surface area contributed by atoms with Gasteiger partial charge in [-0.3, -0.25) is 19.7 Å². The van der Waals surface area contributed by atoms with E-state index < -0.39 is 41.6 Å². The van der Waals surface area contributed by atoms with Gasteiger partial charge in [-0.25, -0.2) is 4.98 Å². The van der Waals surface area contributed by atoms with Gasteiger partial charge in [0.1, 0.15) is 11.3 Å². The second-order valence-electron chi connectivity index (χ2n) is 5.45. The summed E-state index contributed by atoms with van der Waals surface area (Å²) in [5.74, 6) is -2.03. The largest absolute Gasteiger partial charge is 0.432 e. The number of H-pyrrole nitrogens is 2. The van der Waals surface area contributed by atoms with E-state index in [0.717, 1.165) is 0 Å². The van der Waals surface area contributed by atoms with Gasteiger partial charge in [0.05, 0.1) is 12.7 Å². The summed E-state index contributed by atoms with van der Waals surface area (Å²) in [6, 6.07) is 6.59. The number of nitrogens with zero attached hydrogens (tertiary/aromatic N) is 1. The number of halogens is 3. The van der Waals surface area contributed by atoms with E-state index in [1.807, 2.05) is 4.98 Å². The first kappa shape index (κ1) is 18.2. The van der Waals surface area contributed by atoms with Gasteiger partial charge in [-0.2, -0.15) is 13.2 Å². The van der Waals surface area contributed by atoms with Crippen molar-refractivity contribution in [2.75, 3.05) is 11.9 Å². The number of benzene rings is 1. The van der Waals surface area contributed by atoms with Crippen molar-refractivity contribution < 1.29 is 22.8 Å². The lowest BCUT2D eigenvalue weighted by atomic mass is 10.1. The zero-order chi connectivity index (χ0) is 19.6. The number of hydrogen-bond donors (Lipinski definition) is 4. The Balaban J connectivity index is 1.64. The average Bonchev–Trinajstić information content (AvgIpc) is 3.09. The maximum absolute atomic E-state index is 12.5. The van der Waals surface area contributed by atoms with Crippen molar-refractivity contribution in [3.05, 3.63) is 58.1 Å². The topological polar surface area (TPSA) is 120 Å². The van der Waals surface area contributed by atoms with Gasteiger partial charge in [0, 0.05) is 17.1 Å². The average molecular weight is 379 g/mol. The summed E-state index contributed by atoms with van der Waals surface area (Å²) in [6.07, 6.45) is -2.87. The van der Waals surface area contributed by atoms with Crippen LogP contribution in [0.1, 0.15) is 16.1 Å². The first-order valence-corrected chi connectivity index (χ1v) is 7.56. The first-order valence-electron chi connectivity index (χ1n) is 7.56. The number of pyridine rings is 1. The van der Waals surface area contributed by atoms with Crippen LogP contribution >= 0.6 is 0 Å². The number of fused-ring (bicyclic) bond motifs is 1. The molecular formula is C16H12F3N5O3. The van der Waals surface area contributed by atoms with Crippen molar-refractivity contribution in [2.45, 2.75) is 6.18 Å². The van der Waals surface area contributed by atoms with Gasteiger partial charge in [-0.05, 0) is 12.1 Å². The molecule has 1 aromatic carbocycles. The quantitative estimate of drug-likeness (QED) is 0.551. The lowest BCUT2D eigenvalue weighted by molar-refractivity contribution is -0.140. The van der Waals surface area contributed by atoms with Crippen LogP contribution in [0.2, 0.25) is 0 Å². The molecule has 0 spiro atoms. The molecule has 4 N–H and O–H groups in total. The molecule has 11 heteroatoms. The fraction of sp³-hybridized carbons (Fsp3) is 0.125. The number of anilines is 1. The number of alkyl halides is 3. The molecule has 3 aromatic rings. The molecule has 140 valence electrons. The Labute approximate surface area is 148 Å². The minimum atomic E-state index is -4.62. The Hall–Kier alpha value is -3.63. The van der Waals surface area contributed by atoms with Gasteiger partial charge in [-0.15, -0.1) is 0 Å². The number of imidazole rings is 1. The third-order valence-corrected chi connectivity index (χ3v) is 3.58. The normalized spacial score (nSPS) is 11.4. The number of aromatic nitrogens is 3. The Morgan fingerprint density at radius 1 is 1.19 bits per heavy atom. The molecular weight excluding hydrogens is 367 g/mol. The molecule has 0 saturated heterocycles. The van der Waals surface area contributed by atoms with Gasteiger partial charge >= 0.3 is 6.18 Å². The Kier molecular flexibility index (Phi) is 4.67. The van der Waals surface area contributed by atoms with Crippen molar-refractivity contribution in [3.8, 4) is 0 Å². The predicted octanol–water partition coefficient (Wildman–Crippen LogP) is 1.64. The molecule has 2 amide bonds. The summed E-state index contributed by atoms with van der Waals surface area (Å²) >= 11 is 0. The van der Waals surface area contributed by atoms with Crippen LogP contribution in [0, 0.1) is 0 Å². The Morgan fingerprint density at radius 2 is 1.93 bits per heavy atom. The van der Waals surface area contributed by atoms with Crippen LogP contribution in [0.25, 0.3) is 10.9 Å². The molecule has 0 atom stereocenters. The molecule has 0 fully saturated rings. The standard InChI is InChI=1S/C16H12F3N5O3/c17-16(18,19)11-6-22-15(23-11)24-12(25)7-21-14(27)9-5-20-10-4-2-1-3-8(10)13(9)26/h1-6H,7H2,(H,20,26)(H,21,27)(H2,22,23,24,25). The number of carbonyl (C=O) groups is 2. The Bertz CT molecular complexity index is 1070. The number of hydrogen-bond acceptors (Lipinski definition) is 4. The van der Waals surface area contributed by atoms with E-state index in [2.05, 4.69) is 20.6 Å². The Morgan fingerprint density at radius 3 is 2.63 bits per heavy atom. The van der Waals surface area contributed by atoms with Crippen LogP contribution in [0.3, 0.4) is 0 Å². The maximum Gasteiger partial charge on any atom is 0.432 e. The summed E-state index contributed by atoms with van der Waals surface area (Å²) in [4.78, 5) is 44.2. The zero-order valence-corrected chi connectivity index (χ0v) is 13.5. The van der Waals surface area contributed by atoms with Crippen molar-refractivity contribution in [2.24, 2.45) is 0 Å². The van der Waals surface area contributed by atoms with Crippen molar-refractivity contribution >= 4 is 28.7 Å². The van der Waals surface area contributed by atoms with Gasteiger partial charge < -0.3 is 15.3 Å². The van der Waals surface area contributed by atoms with Crippen LogP contribution in [0.15, 0.2) is 41.5 Å². The van der Waals surface area contributed by atoms with Crippen LogP contribution in [-0.4, -0.2) is 33.3 Å². The van der Waals surface area contributed by atoms with Crippen LogP contribution in [0.4, 0.5) is 19.1 Å². The van der Waals surface area contributed by atoms with E-state index in [-0.39, 0.29) is 5.56 Å². The summed E-state index contributed by atoms with van der Waals surface area (Å²) in [5.41, 5.74) is -1.28. The lowest BCUT2D eigenvalue weighted by Gasteiger charge is -2.06. The molecule has 3 rings (SSSR count). The summed E-state index contributed by atoms with van der Waals surface area (Å²) in [7, 11) is 0. The van der Waals surface area contributed by atoms with Gasteiger partial charge in [0.15, 0.2) is 0 Å². The molecule has 0 radical (unpaired) electrons. The lowest BCUT2D eigenvalue weighted by Crippen LogP contribution is -2.35. The molecule has 0 aliphatic rings. The molecule has 0 saturated carbocycles. The minimum Gasteiger partial charge on any atom is -0.360 e. The van der Waals surface area contributed by atoms with Crippen molar-refractivity contribution in [3.63, 3.8) is 0 Å². The van der Waals surface area contributed by atoms with Gasteiger partial charge in [0.2, 0.25) is 17.3 Å². The van der Waals surface area contributed by atoms with E-state index in [0.29, 0.717) is 17.1 Å². The monoisotopic (exact) mass is 379 g/mol. The zero-order valence-electron chi connectivity index (χ0n) is 13.5. The van der Waals surface area contributed by atoms with Crippen LogP contribution in [-0.2, 0) is 11.0 Å². The SMILES string of the molecule is O=C(CNC(=O)c1c[nH]c2ccccc2c1=O)Nc1ncc(C(F)(F)F)[nH]1. The molecule has 2 heterocycles. The van der Waals surface area contributed by atoms with Gasteiger partial charge in [-0.1, -0.05) is 12.1 Å². The molecule has 0 unspecified atom stereocenters. The highest BCUT2D eigenvalue weighted by Crippen LogP contribution is 2.27. The number of aromatic amines is 2. The molecule has 0 aliphatic heterocycles. The molecule has 27 heavy (non-hydrogen) atoms. The highest BCUT2D eigenvalue weighted by molar-refractivity contribution is 6.00. The highest BCUT2D eigenvalue weighted by atomic mass is 19.4. The van der Waals surface area contributed by atoms with E-state index in [4.69, 9.17) is 0 Å². The number of carbonyl (C=O) groups excluding carboxylic acids is 2. The molecule has 8 nitrogen and oxygen atoms in total. The van der Waals surface area contributed by atoms with Crippen LogP contribution < -0.4 is 16.1 Å². The van der Waals surface area contributed by atoms with Crippen LogP contribution in [0.5, 0.6) is 0 Å². The third-order valence-electron chi connectivity index (χ3n) is 3.58. The fourth-order valence-electron chi connectivity index (χ4n) is 2.30. The summed E-state index contributed by atoms with van der Waals surface area (Å²) < 4.78 is 37.4. The second-order valence-corrected chi connectivity index (χ2v) is 5.45. The van der Waals surface area contributed by atoms with E-state index in [9.17, 15) is 27.6 Å². The molecule has 2 aromatic heterocycles.